The van der Waals surface area contributed by atoms with Crippen molar-refractivity contribution in [3.05, 3.63) is 33.8 Å². The highest BCUT2D eigenvalue weighted by atomic mass is 35.5. The number of hydrogen-bond donors (Lipinski definition) is 1. The van der Waals surface area contributed by atoms with Crippen LogP contribution in [0.2, 0.25) is 10.0 Å². The first-order chi connectivity index (χ1) is 17.1. The molecule has 4 rings (SSSR count). The van der Waals surface area contributed by atoms with Gasteiger partial charge in [0.05, 0.1) is 22.6 Å². The van der Waals surface area contributed by atoms with Crippen LogP contribution in [0.3, 0.4) is 0 Å². The van der Waals surface area contributed by atoms with Gasteiger partial charge in [-0.1, -0.05) is 29.3 Å². The van der Waals surface area contributed by atoms with Crippen LogP contribution in [-0.2, 0) is 20.9 Å². The van der Waals surface area contributed by atoms with Gasteiger partial charge in [-0.15, -0.1) is 0 Å². The van der Waals surface area contributed by atoms with Gasteiger partial charge >= 0.3 is 0 Å². The summed E-state index contributed by atoms with van der Waals surface area (Å²) in [6.45, 7) is 9.61. The molecular formula is C26H37Cl2N5O3. The molecule has 36 heavy (non-hydrogen) atoms. The Hall–Kier alpha value is -1.87. The summed E-state index contributed by atoms with van der Waals surface area (Å²) in [6.07, 6.45) is 2.79. The van der Waals surface area contributed by atoms with Gasteiger partial charge in [0.2, 0.25) is 17.7 Å². The van der Waals surface area contributed by atoms with Crippen LogP contribution in [0, 0.1) is 5.92 Å². The highest BCUT2D eigenvalue weighted by Crippen LogP contribution is 2.32. The number of amides is 3. The van der Waals surface area contributed by atoms with Crippen LogP contribution in [0.1, 0.15) is 45.6 Å². The van der Waals surface area contributed by atoms with E-state index in [1.54, 1.807) is 28.9 Å². The van der Waals surface area contributed by atoms with Crippen LogP contribution in [0.4, 0.5) is 0 Å². The van der Waals surface area contributed by atoms with Gasteiger partial charge in [0.1, 0.15) is 6.54 Å². The summed E-state index contributed by atoms with van der Waals surface area (Å²) in [4.78, 5) is 46.3. The summed E-state index contributed by atoms with van der Waals surface area (Å²) in [7, 11) is 0. The van der Waals surface area contributed by atoms with Gasteiger partial charge in [-0.05, 0) is 50.8 Å². The molecule has 1 N–H and O–H groups in total. The van der Waals surface area contributed by atoms with Crippen molar-refractivity contribution in [2.75, 3.05) is 39.4 Å². The average Bonchev–Trinajstić information content (AvgIpc) is 2.86. The summed E-state index contributed by atoms with van der Waals surface area (Å²) >= 11 is 12.2. The molecule has 3 unspecified atom stereocenters. The second-order valence-electron chi connectivity index (χ2n) is 10.5. The predicted molar refractivity (Wildman–Crippen MR) is 141 cm³/mol. The Bertz CT molecular complexity index is 982. The van der Waals surface area contributed by atoms with Gasteiger partial charge in [-0.3, -0.25) is 24.6 Å². The molecule has 198 valence electrons. The molecule has 2 aliphatic heterocycles. The predicted octanol–water partition coefficient (Wildman–Crippen LogP) is 2.82. The van der Waals surface area contributed by atoms with Crippen molar-refractivity contribution in [3.8, 4) is 0 Å². The van der Waals surface area contributed by atoms with E-state index in [9.17, 15) is 14.4 Å². The second kappa shape index (κ2) is 11.7. The van der Waals surface area contributed by atoms with Gasteiger partial charge in [0, 0.05) is 57.8 Å². The summed E-state index contributed by atoms with van der Waals surface area (Å²) in [5, 5.41) is 4.45. The number of piperazine rings is 1. The Morgan fingerprint density at radius 2 is 1.83 bits per heavy atom. The van der Waals surface area contributed by atoms with Crippen LogP contribution in [0.25, 0.3) is 0 Å². The molecule has 3 atom stereocenters. The minimum atomic E-state index is -0.126. The molecule has 10 heteroatoms. The topological polar surface area (TPSA) is 76.2 Å². The van der Waals surface area contributed by atoms with Gasteiger partial charge < -0.3 is 14.7 Å². The largest absolute Gasteiger partial charge is 0.340 e. The van der Waals surface area contributed by atoms with E-state index in [2.05, 4.69) is 10.2 Å². The summed E-state index contributed by atoms with van der Waals surface area (Å²) in [6, 6.07) is 5.86. The highest BCUT2D eigenvalue weighted by molar-refractivity contribution is 6.42. The van der Waals surface area contributed by atoms with Gasteiger partial charge in [0.15, 0.2) is 0 Å². The van der Waals surface area contributed by atoms with Crippen LogP contribution in [0.15, 0.2) is 18.2 Å². The number of nitrogens with one attached hydrogen (secondary N) is 1. The zero-order valence-electron chi connectivity index (χ0n) is 21.4. The monoisotopic (exact) mass is 537 g/mol. The van der Waals surface area contributed by atoms with E-state index in [-0.39, 0.29) is 42.3 Å². The number of carbonyl (C=O) groups is 3. The SMILES string of the molecule is CC(=O)N1CCN(C2CCC3NCN(CC(=O)N(Cc4ccc(Cl)c(Cl)c4)C(C)C)C(=O)C3C2)CC1. The molecule has 3 aliphatic rings. The van der Waals surface area contributed by atoms with E-state index >= 15 is 0 Å². The number of halogens is 2. The lowest BCUT2D eigenvalue weighted by molar-refractivity contribution is -0.149. The van der Waals surface area contributed by atoms with Crippen molar-refractivity contribution in [3.63, 3.8) is 0 Å². The number of hydrogen-bond acceptors (Lipinski definition) is 5. The standard InChI is InChI=1S/C26H37Cl2N5O3/c1-17(2)33(14-19-4-6-22(27)23(28)12-19)25(35)15-32-16-29-24-7-5-20(13-21(24)26(32)36)31-10-8-30(9-11-31)18(3)34/h4,6,12,17,20-21,24,29H,5,7-11,13-16H2,1-3H3. The normalized spacial score (nSPS) is 25.2. The van der Waals surface area contributed by atoms with Gasteiger partial charge in [0.25, 0.3) is 0 Å². The lowest BCUT2D eigenvalue weighted by Gasteiger charge is -2.47. The van der Waals surface area contributed by atoms with Crippen molar-refractivity contribution < 1.29 is 14.4 Å². The zero-order chi connectivity index (χ0) is 26.0. The minimum absolute atomic E-state index is 0.0275. The van der Waals surface area contributed by atoms with Crippen molar-refractivity contribution in [1.82, 2.24) is 24.9 Å². The number of benzene rings is 1. The maximum Gasteiger partial charge on any atom is 0.242 e. The molecule has 2 saturated heterocycles. The Morgan fingerprint density at radius 1 is 1.11 bits per heavy atom. The molecule has 1 aliphatic carbocycles. The lowest BCUT2D eigenvalue weighted by Crippen LogP contribution is -2.62. The molecule has 1 aromatic rings. The molecule has 0 aromatic heterocycles. The average molecular weight is 539 g/mol. The Kier molecular flexibility index (Phi) is 8.81. The molecular weight excluding hydrogens is 501 g/mol. The molecule has 3 amide bonds. The Balaban J connectivity index is 1.36. The molecule has 3 fully saturated rings. The summed E-state index contributed by atoms with van der Waals surface area (Å²) in [5.74, 6) is -0.0200. The first-order valence-electron chi connectivity index (χ1n) is 12.9. The van der Waals surface area contributed by atoms with E-state index in [4.69, 9.17) is 23.2 Å². The Labute approximate surface area is 223 Å². The summed E-state index contributed by atoms with van der Waals surface area (Å²) in [5.41, 5.74) is 0.898. The molecule has 0 bridgehead atoms. The molecule has 1 saturated carbocycles. The molecule has 1 aromatic carbocycles. The van der Waals surface area contributed by atoms with Crippen LogP contribution < -0.4 is 5.32 Å². The van der Waals surface area contributed by atoms with Crippen molar-refractivity contribution in [2.45, 2.75) is 64.7 Å². The van der Waals surface area contributed by atoms with E-state index in [1.165, 1.54) is 0 Å². The number of rotatable bonds is 6. The lowest BCUT2D eigenvalue weighted by atomic mass is 9.79. The smallest absolute Gasteiger partial charge is 0.242 e. The third-order valence-electron chi connectivity index (χ3n) is 7.88. The summed E-state index contributed by atoms with van der Waals surface area (Å²) < 4.78 is 0. The van der Waals surface area contributed by atoms with Crippen LogP contribution in [0.5, 0.6) is 0 Å². The van der Waals surface area contributed by atoms with E-state index in [0.717, 1.165) is 51.0 Å². The Morgan fingerprint density at radius 3 is 2.47 bits per heavy atom. The van der Waals surface area contributed by atoms with Crippen molar-refractivity contribution >= 4 is 40.9 Å². The first-order valence-corrected chi connectivity index (χ1v) is 13.6. The third kappa shape index (κ3) is 6.15. The number of nitrogens with zero attached hydrogens (tertiary/aromatic N) is 4. The van der Waals surface area contributed by atoms with Gasteiger partial charge in [-0.2, -0.15) is 0 Å². The van der Waals surface area contributed by atoms with Crippen molar-refractivity contribution in [2.24, 2.45) is 5.92 Å². The zero-order valence-corrected chi connectivity index (χ0v) is 22.9. The third-order valence-corrected chi connectivity index (χ3v) is 8.62. The number of fused-ring (bicyclic) bond motifs is 1. The molecule has 0 spiro atoms. The minimum Gasteiger partial charge on any atom is -0.340 e. The quantitative estimate of drug-likeness (QED) is 0.603. The van der Waals surface area contributed by atoms with Crippen LogP contribution in [-0.4, -0.2) is 94.8 Å². The van der Waals surface area contributed by atoms with E-state index in [1.807, 2.05) is 24.8 Å². The van der Waals surface area contributed by atoms with E-state index in [0.29, 0.717) is 29.3 Å². The second-order valence-corrected chi connectivity index (χ2v) is 11.3. The van der Waals surface area contributed by atoms with Gasteiger partial charge in [-0.25, -0.2) is 0 Å². The molecule has 0 radical (unpaired) electrons. The number of carbonyl (C=O) groups excluding carboxylic acids is 3. The fraction of sp³-hybridized carbons (Fsp3) is 0.654. The van der Waals surface area contributed by atoms with Crippen molar-refractivity contribution in [1.29, 1.82) is 0 Å². The molecule has 8 nitrogen and oxygen atoms in total. The van der Waals surface area contributed by atoms with E-state index < -0.39 is 0 Å². The highest BCUT2D eigenvalue weighted by Gasteiger charge is 2.43. The fourth-order valence-corrected chi connectivity index (χ4v) is 6.04. The first kappa shape index (κ1) is 27.2. The van der Waals surface area contributed by atoms with Crippen LogP contribution >= 0.6 is 23.2 Å². The maximum absolute atomic E-state index is 13.5. The fourth-order valence-electron chi connectivity index (χ4n) is 5.72. The molecule has 2 heterocycles. The maximum atomic E-state index is 13.5.